The Bertz CT molecular complexity index is 960. The van der Waals surface area contributed by atoms with E-state index in [0.29, 0.717) is 17.1 Å². The number of carbonyl (C=O) groups excluding carboxylic acids is 1. The third-order valence-corrected chi connectivity index (χ3v) is 4.13. The number of hydrogen-bond acceptors (Lipinski definition) is 4. The highest BCUT2D eigenvalue weighted by Crippen LogP contribution is 2.23. The zero-order valence-electron chi connectivity index (χ0n) is 14.8. The van der Waals surface area contributed by atoms with Gasteiger partial charge in [-0.2, -0.15) is 0 Å². The van der Waals surface area contributed by atoms with Crippen molar-refractivity contribution in [3.05, 3.63) is 77.3 Å². The van der Waals surface area contributed by atoms with Crippen molar-refractivity contribution in [2.24, 2.45) is 0 Å². The van der Waals surface area contributed by atoms with Crippen LogP contribution in [0.4, 0.5) is 27.1 Å². The molecular formula is C20H18ClFN4O. The van der Waals surface area contributed by atoms with Crippen LogP contribution in [0.15, 0.2) is 60.8 Å². The Morgan fingerprint density at radius 3 is 2.33 bits per heavy atom. The summed E-state index contributed by atoms with van der Waals surface area (Å²) in [6, 6.07) is 15.1. The quantitative estimate of drug-likeness (QED) is 0.654. The standard InChI is InChI=1S/C20H18ClFN4O/c1-26(2)16-6-3-13(4-7-16)25-20(27)19-12-15(9-10-23-19)24-14-5-8-18(22)17(21)11-14/h3-12H,1-2H3,(H,23,24)(H,25,27). The molecule has 1 heterocycles. The van der Waals surface area contributed by atoms with Crippen LogP contribution in [0.3, 0.4) is 0 Å². The lowest BCUT2D eigenvalue weighted by Crippen LogP contribution is -2.14. The summed E-state index contributed by atoms with van der Waals surface area (Å²) in [5.41, 5.74) is 3.22. The van der Waals surface area contributed by atoms with E-state index in [-0.39, 0.29) is 16.6 Å². The average molecular weight is 385 g/mol. The van der Waals surface area contributed by atoms with E-state index in [0.717, 1.165) is 5.69 Å². The highest BCUT2D eigenvalue weighted by Gasteiger charge is 2.09. The second-order valence-electron chi connectivity index (χ2n) is 6.08. The molecule has 2 aromatic carbocycles. The average Bonchev–Trinajstić information content (AvgIpc) is 2.65. The van der Waals surface area contributed by atoms with Crippen LogP contribution in [-0.2, 0) is 0 Å². The first-order valence-electron chi connectivity index (χ1n) is 8.19. The maximum absolute atomic E-state index is 13.3. The SMILES string of the molecule is CN(C)c1ccc(NC(=O)c2cc(Nc3ccc(F)c(Cl)c3)ccn2)cc1. The minimum absolute atomic E-state index is 0.0215. The molecule has 0 aliphatic heterocycles. The van der Waals surface area contributed by atoms with Crippen molar-refractivity contribution in [1.82, 2.24) is 4.98 Å². The lowest BCUT2D eigenvalue weighted by atomic mass is 10.2. The predicted molar refractivity (Wildman–Crippen MR) is 108 cm³/mol. The van der Waals surface area contributed by atoms with E-state index < -0.39 is 5.82 Å². The monoisotopic (exact) mass is 384 g/mol. The molecule has 1 aromatic heterocycles. The van der Waals surface area contributed by atoms with Crippen molar-refractivity contribution in [1.29, 1.82) is 0 Å². The Balaban J connectivity index is 1.72. The number of hydrogen-bond donors (Lipinski definition) is 2. The lowest BCUT2D eigenvalue weighted by molar-refractivity contribution is 0.102. The Kier molecular flexibility index (Phi) is 5.57. The Morgan fingerprint density at radius 2 is 1.67 bits per heavy atom. The van der Waals surface area contributed by atoms with Crippen LogP contribution in [0.5, 0.6) is 0 Å². The van der Waals surface area contributed by atoms with Crippen molar-refractivity contribution in [2.75, 3.05) is 29.6 Å². The van der Waals surface area contributed by atoms with Gasteiger partial charge in [-0.3, -0.25) is 9.78 Å². The van der Waals surface area contributed by atoms with E-state index in [1.807, 2.05) is 43.3 Å². The number of carbonyl (C=O) groups is 1. The number of nitrogens with one attached hydrogen (secondary N) is 2. The maximum atomic E-state index is 13.3. The summed E-state index contributed by atoms with van der Waals surface area (Å²) in [7, 11) is 3.90. The summed E-state index contributed by atoms with van der Waals surface area (Å²) in [6.45, 7) is 0. The maximum Gasteiger partial charge on any atom is 0.274 e. The smallest absolute Gasteiger partial charge is 0.274 e. The van der Waals surface area contributed by atoms with Gasteiger partial charge < -0.3 is 15.5 Å². The fraction of sp³-hybridized carbons (Fsp3) is 0.100. The van der Waals surface area contributed by atoms with E-state index in [9.17, 15) is 9.18 Å². The van der Waals surface area contributed by atoms with Crippen molar-refractivity contribution >= 4 is 40.3 Å². The molecule has 3 rings (SSSR count). The Labute approximate surface area is 161 Å². The highest BCUT2D eigenvalue weighted by molar-refractivity contribution is 6.31. The summed E-state index contributed by atoms with van der Waals surface area (Å²) < 4.78 is 13.3. The molecule has 0 saturated heterocycles. The van der Waals surface area contributed by atoms with Crippen LogP contribution in [0.25, 0.3) is 0 Å². The van der Waals surface area contributed by atoms with Crippen LogP contribution in [-0.4, -0.2) is 25.0 Å². The molecule has 0 bridgehead atoms. The summed E-state index contributed by atoms with van der Waals surface area (Å²) >= 11 is 5.79. The molecule has 0 spiro atoms. The summed E-state index contributed by atoms with van der Waals surface area (Å²) in [6.07, 6.45) is 1.53. The number of pyridine rings is 1. The van der Waals surface area contributed by atoms with E-state index in [1.54, 1.807) is 18.2 Å². The summed E-state index contributed by atoms with van der Waals surface area (Å²) in [4.78, 5) is 18.5. The van der Waals surface area contributed by atoms with Gasteiger partial charge in [0.15, 0.2) is 0 Å². The molecule has 3 aromatic rings. The van der Waals surface area contributed by atoms with Gasteiger partial charge >= 0.3 is 0 Å². The van der Waals surface area contributed by atoms with E-state index in [2.05, 4.69) is 15.6 Å². The molecule has 0 fully saturated rings. The number of rotatable bonds is 5. The van der Waals surface area contributed by atoms with Gasteiger partial charge in [0, 0.05) is 43.0 Å². The van der Waals surface area contributed by atoms with Crippen LogP contribution in [0.1, 0.15) is 10.5 Å². The zero-order valence-corrected chi connectivity index (χ0v) is 15.6. The van der Waals surface area contributed by atoms with E-state index in [1.165, 1.54) is 18.3 Å². The predicted octanol–water partition coefficient (Wildman–Crippen LogP) is 4.94. The molecule has 0 radical (unpaired) electrons. The van der Waals surface area contributed by atoms with Crippen LogP contribution in [0.2, 0.25) is 5.02 Å². The molecular weight excluding hydrogens is 367 g/mol. The van der Waals surface area contributed by atoms with E-state index in [4.69, 9.17) is 11.6 Å². The van der Waals surface area contributed by atoms with Gasteiger partial charge in [-0.1, -0.05) is 11.6 Å². The first-order chi connectivity index (χ1) is 12.9. The minimum atomic E-state index is -0.489. The summed E-state index contributed by atoms with van der Waals surface area (Å²) in [5.74, 6) is -0.814. The number of benzene rings is 2. The molecule has 0 aliphatic rings. The van der Waals surface area contributed by atoms with Crippen LogP contribution in [0, 0.1) is 5.82 Å². The van der Waals surface area contributed by atoms with Crippen molar-refractivity contribution in [3.8, 4) is 0 Å². The van der Waals surface area contributed by atoms with E-state index >= 15 is 0 Å². The molecule has 1 amide bonds. The number of nitrogens with zero attached hydrogens (tertiary/aromatic N) is 2. The summed E-state index contributed by atoms with van der Waals surface area (Å²) in [5, 5.41) is 5.91. The molecule has 138 valence electrons. The van der Waals surface area contributed by atoms with Crippen molar-refractivity contribution in [2.45, 2.75) is 0 Å². The topological polar surface area (TPSA) is 57.3 Å². The highest BCUT2D eigenvalue weighted by atomic mass is 35.5. The zero-order chi connectivity index (χ0) is 19.4. The second kappa shape index (κ2) is 8.05. The van der Waals surface area contributed by atoms with Crippen molar-refractivity contribution in [3.63, 3.8) is 0 Å². The van der Waals surface area contributed by atoms with Gasteiger partial charge in [-0.15, -0.1) is 0 Å². The fourth-order valence-electron chi connectivity index (χ4n) is 2.41. The first-order valence-corrected chi connectivity index (χ1v) is 8.57. The Morgan fingerprint density at radius 1 is 1.00 bits per heavy atom. The number of halogens is 2. The van der Waals surface area contributed by atoms with Gasteiger partial charge in [0.25, 0.3) is 5.91 Å². The minimum Gasteiger partial charge on any atom is -0.378 e. The lowest BCUT2D eigenvalue weighted by Gasteiger charge is -2.13. The fourth-order valence-corrected chi connectivity index (χ4v) is 2.59. The molecule has 27 heavy (non-hydrogen) atoms. The molecule has 0 aliphatic carbocycles. The number of aromatic nitrogens is 1. The van der Waals surface area contributed by atoms with Gasteiger partial charge in [0.2, 0.25) is 0 Å². The molecule has 0 saturated carbocycles. The molecule has 7 heteroatoms. The third-order valence-electron chi connectivity index (χ3n) is 3.84. The van der Waals surface area contributed by atoms with Crippen molar-refractivity contribution < 1.29 is 9.18 Å². The number of amides is 1. The van der Waals surface area contributed by atoms with Gasteiger partial charge in [-0.25, -0.2) is 4.39 Å². The largest absolute Gasteiger partial charge is 0.378 e. The first kappa shape index (κ1) is 18.7. The van der Waals surface area contributed by atoms with Crippen LogP contribution >= 0.6 is 11.6 Å². The normalized spacial score (nSPS) is 10.4. The third kappa shape index (κ3) is 4.74. The Hall–Kier alpha value is -3.12. The second-order valence-corrected chi connectivity index (χ2v) is 6.49. The van der Waals surface area contributed by atoms with Gasteiger partial charge in [0.1, 0.15) is 11.5 Å². The number of anilines is 4. The molecule has 5 nitrogen and oxygen atoms in total. The molecule has 0 unspecified atom stereocenters. The van der Waals surface area contributed by atoms with Gasteiger partial charge in [-0.05, 0) is 54.6 Å². The molecule has 2 N–H and O–H groups in total. The molecule has 0 atom stereocenters. The van der Waals surface area contributed by atoms with Crippen LogP contribution < -0.4 is 15.5 Å². The van der Waals surface area contributed by atoms with Gasteiger partial charge in [0.05, 0.1) is 5.02 Å².